The van der Waals surface area contributed by atoms with Crippen molar-refractivity contribution in [2.24, 2.45) is 5.92 Å². The standard InChI is InChI=1S/C14H24N2O/c17-14(12-5-6-12)11-15-7-9-16(10-8-15)13-3-1-2-4-13/h12-13H,1-11H2. The van der Waals surface area contributed by atoms with E-state index < -0.39 is 0 Å². The molecule has 0 N–H and O–H groups in total. The largest absolute Gasteiger partial charge is 0.298 e. The van der Waals surface area contributed by atoms with Gasteiger partial charge >= 0.3 is 0 Å². The molecule has 96 valence electrons. The Morgan fingerprint density at radius 1 is 0.941 bits per heavy atom. The second-order valence-corrected chi connectivity index (χ2v) is 5.99. The van der Waals surface area contributed by atoms with Gasteiger partial charge in [-0.1, -0.05) is 12.8 Å². The van der Waals surface area contributed by atoms with Gasteiger partial charge in [0.25, 0.3) is 0 Å². The van der Waals surface area contributed by atoms with E-state index >= 15 is 0 Å². The Bertz CT molecular complexity index is 274. The second-order valence-electron chi connectivity index (χ2n) is 5.99. The Labute approximate surface area is 104 Å². The highest BCUT2D eigenvalue weighted by atomic mass is 16.1. The maximum Gasteiger partial charge on any atom is 0.149 e. The van der Waals surface area contributed by atoms with Gasteiger partial charge in [-0.25, -0.2) is 0 Å². The van der Waals surface area contributed by atoms with Crippen LogP contribution in [-0.4, -0.2) is 54.3 Å². The highest BCUT2D eigenvalue weighted by Crippen LogP contribution is 2.30. The lowest BCUT2D eigenvalue weighted by Crippen LogP contribution is -2.50. The average molecular weight is 236 g/mol. The molecule has 2 aliphatic carbocycles. The highest BCUT2D eigenvalue weighted by Gasteiger charge is 2.32. The van der Waals surface area contributed by atoms with Gasteiger partial charge in [-0.05, 0) is 25.7 Å². The maximum absolute atomic E-state index is 11.8. The Balaban J connectivity index is 1.41. The smallest absolute Gasteiger partial charge is 0.149 e. The zero-order chi connectivity index (χ0) is 11.7. The molecule has 3 nitrogen and oxygen atoms in total. The van der Waals surface area contributed by atoms with Gasteiger partial charge in [0.1, 0.15) is 5.78 Å². The number of carbonyl (C=O) groups excluding carboxylic acids is 1. The summed E-state index contributed by atoms with van der Waals surface area (Å²) in [6.07, 6.45) is 7.96. The summed E-state index contributed by atoms with van der Waals surface area (Å²) in [5, 5.41) is 0. The zero-order valence-electron chi connectivity index (χ0n) is 10.7. The summed E-state index contributed by atoms with van der Waals surface area (Å²) in [6.45, 7) is 5.30. The molecule has 1 aliphatic heterocycles. The Hall–Kier alpha value is -0.410. The van der Waals surface area contributed by atoms with Crippen molar-refractivity contribution < 1.29 is 4.79 Å². The van der Waals surface area contributed by atoms with Gasteiger partial charge in [-0.2, -0.15) is 0 Å². The fraction of sp³-hybridized carbons (Fsp3) is 0.929. The Morgan fingerprint density at radius 3 is 2.18 bits per heavy atom. The van der Waals surface area contributed by atoms with Gasteiger partial charge in [0, 0.05) is 38.1 Å². The van der Waals surface area contributed by atoms with Gasteiger partial charge in [0.15, 0.2) is 0 Å². The van der Waals surface area contributed by atoms with Crippen molar-refractivity contribution in [2.45, 2.75) is 44.6 Å². The fourth-order valence-electron chi connectivity index (χ4n) is 3.31. The van der Waals surface area contributed by atoms with Crippen molar-refractivity contribution in [2.75, 3.05) is 32.7 Å². The third-order valence-electron chi connectivity index (χ3n) is 4.66. The molecule has 0 spiro atoms. The molecule has 0 unspecified atom stereocenters. The van der Waals surface area contributed by atoms with Crippen molar-refractivity contribution in [1.29, 1.82) is 0 Å². The predicted octanol–water partition coefficient (Wildman–Crippen LogP) is 1.53. The van der Waals surface area contributed by atoms with E-state index in [1.54, 1.807) is 0 Å². The molecule has 2 saturated carbocycles. The minimum atomic E-state index is 0.433. The van der Waals surface area contributed by atoms with Crippen LogP contribution in [-0.2, 0) is 4.79 Å². The van der Waals surface area contributed by atoms with E-state index in [1.807, 2.05) is 0 Å². The van der Waals surface area contributed by atoms with Crippen LogP contribution in [0.4, 0.5) is 0 Å². The van der Waals surface area contributed by atoms with Crippen molar-refractivity contribution >= 4 is 5.78 Å². The first-order valence-electron chi connectivity index (χ1n) is 7.32. The molecule has 17 heavy (non-hydrogen) atoms. The third kappa shape index (κ3) is 2.89. The molecule has 0 atom stereocenters. The summed E-state index contributed by atoms with van der Waals surface area (Å²) in [5.74, 6) is 0.933. The average Bonchev–Trinajstić information content (AvgIpc) is 3.07. The second kappa shape index (κ2) is 5.07. The minimum absolute atomic E-state index is 0.433. The Morgan fingerprint density at radius 2 is 1.59 bits per heavy atom. The topological polar surface area (TPSA) is 23.6 Å². The van der Waals surface area contributed by atoms with Crippen LogP contribution >= 0.6 is 0 Å². The summed E-state index contributed by atoms with van der Waals surface area (Å²) in [4.78, 5) is 16.8. The van der Waals surface area contributed by atoms with Gasteiger partial charge in [0.2, 0.25) is 0 Å². The quantitative estimate of drug-likeness (QED) is 0.739. The van der Waals surface area contributed by atoms with E-state index in [4.69, 9.17) is 0 Å². The summed E-state index contributed by atoms with van der Waals surface area (Å²) >= 11 is 0. The third-order valence-corrected chi connectivity index (χ3v) is 4.66. The van der Waals surface area contributed by atoms with Gasteiger partial charge in [-0.3, -0.25) is 14.6 Å². The molecular weight excluding hydrogens is 212 g/mol. The molecule has 3 rings (SSSR count). The zero-order valence-corrected chi connectivity index (χ0v) is 10.7. The van der Waals surface area contributed by atoms with Gasteiger partial charge in [0.05, 0.1) is 6.54 Å². The molecular formula is C14H24N2O. The van der Waals surface area contributed by atoms with Crippen molar-refractivity contribution in [3.8, 4) is 0 Å². The molecule has 0 radical (unpaired) electrons. The summed E-state index contributed by atoms with van der Waals surface area (Å²) < 4.78 is 0. The molecule has 0 aromatic carbocycles. The van der Waals surface area contributed by atoms with Crippen LogP contribution in [0.2, 0.25) is 0 Å². The van der Waals surface area contributed by atoms with E-state index in [1.165, 1.54) is 38.8 Å². The first kappa shape index (κ1) is 11.7. The summed E-state index contributed by atoms with van der Waals surface area (Å²) in [5.41, 5.74) is 0. The van der Waals surface area contributed by atoms with Crippen molar-refractivity contribution in [3.05, 3.63) is 0 Å². The normalized spacial score (nSPS) is 28.7. The SMILES string of the molecule is O=C(CN1CCN(C2CCCC2)CC1)C1CC1. The van der Waals surface area contributed by atoms with E-state index in [0.717, 1.165) is 38.5 Å². The molecule has 3 aliphatic rings. The van der Waals surface area contributed by atoms with Crippen LogP contribution in [0.1, 0.15) is 38.5 Å². The predicted molar refractivity (Wildman–Crippen MR) is 68.0 cm³/mol. The molecule has 0 amide bonds. The number of hydrogen-bond donors (Lipinski definition) is 0. The van der Waals surface area contributed by atoms with Crippen LogP contribution in [0.5, 0.6) is 0 Å². The fourth-order valence-corrected chi connectivity index (χ4v) is 3.31. The van der Waals surface area contributed by atoms with Crippen LogP contribution in [0.15, 0.2) is 0 Å². The summed E-state index contributed by atoms with van der Waals surface area (Å²) in [7, 11) is 0. The maximum atomic E-state index is 11.8. The lowest BCUT2D eigenvalue weighted by molar-refractivity contribution is -0.121. The van der Waals surface area contributed by atoms with Crippen molar-refractivity contribution in [3.63, 3.8) is 0 Å². The lowest BCUT2D eigenvalue weighted by atomic mass is 10.1. The highest BCUT2D eigenvalue weighted by molar-refractivity contribution is 5.84. The monoisotopic (exact) mass is 236 g/mol. The van der Waals surface area contributed by atoms with Crippen LogP contribution in [0.3, 0.4) is 0 Å². The number of carbonyl (C=O) groups is 1. The molecule has 0 aromatic rings. The number of Topliss-reactive ketones (excluding diaryl/α,β-unsaturated/α-hetero) is 1. The minimum Gasteiger partial charge on any atom is -0.298 e. The van der Waals surface area contributed by atoms with E-state index in [0.29, 0.717) is 11.7 Å². The molecule has 0 bridgehead atoms. The first-order valence-corrected chi connectivity index (χ1v) is 7.32. The Kier molecular flexibility index (Phi) is 3.48. The number of hydrogen-bond acceptors (Lipinski definition) is 3. The number of nitrogens with zero attached hydrogens (tertiary/aromatic N) is 2. The number of rotatable bonds is 4. The first-order chi connectivity index (χ1) is 8.33. The molecule has 1 heterocycles. The van der Waals surface area contributed by atoms with Gasteiger partial charge in [-0.15, -0.1) is 0 Å². The van der Waals surface area contributed by atoms with E-state index in [2.05, 4.69) is 9.80 Å². The molecule has 3 heteroatoms. The molecule has 3 fully saturated rings. The summed E-state index contributed by atoms with van der Waals surface area (Å²) in [6, 6.07) is 0.858. The van der Waals surface area contributed by atoms with E-state index in [-0.39, 0.29) is 0 Å². The molecule has 0 aromatic heterocycles. The number of ketones is 1. The van der Waals surface area contributed by atoms with Crippen LogP contribution < -0.4 is 0 Å². The van der Waals surface area contributed by atoms with E-state index in [9.17, 15) is 4.79 Å². The molecule has 1 saturated heterocycles. The van der Waals surface area contributed by atoms with Crippen molar-refractivity contribution in [1.82, 2.24) is 9.80 Å². The lowest BCUT2D eigenvalue weighted by Gasteiger charge is -2.37. The van der Waals surface area contributed by atoms with Crippen LogP contribution in [0, 0.1) is 5.92 Å². The number of piperazine rings is 1. The van der Waals surface area contributed by atoms with Crippen LogP contribution in [0.25, 0.3) is 0 Å². The van der Waals surface area contributed by atoms with Gasteiger partial charge < -0.3 is 0 Å².